The summed E-state index contributed by atoms with van der Waals surface area (Å²) in [7, 11) is 4.01. The van der Waals surface area contributed by atoms with Crippen molar-refractivity contribution in [3.05, 3.63) is 64.6 Å². The predicted octanol–water partition coefficient (Wildman–Crippen LogP) is 5.15. The van der Waals surface area contributed by atoms with Crippen LogP contribution in [0, 0.1) is 6.92 Å². The van der Waals surface area contributed by atoms with Gasteiger partial charge >= 0.3 is 0 Å². The van der Waals surface area contributed by atoms with Crippen LogP contribution in [0.2, 0.25) is 0 Å². The van der Waals surface area contributed by atoms with Crippen molar-refractivity contribution in [2.24, 2.45) is 0 Å². The van der Waals surface area contributed by atoms with Crippen LogP contribution in [0.3, 0.4) is 0 Å². The van der Waals surface area contributed by atoms with E-state index >= 15 is 0 Å². The number of aromatic nitrogens is 3. The highest BCUT2D eigenvalue weighted by Crippen LogP contribution is 2.37. The van der Waals surface area contributed by atoms with Gasteiger partial charge in [0, 0.05) is 38.9 Å². The minimum absolute atomic E-state index is 0.0686. The zero-order chi connectivity index (χ0) is 23.5. The van der Waals surface area contributed by atoms with Gasteiger partial charge in [-0.25, -0.2) is 15.0 Å². The zero-order valence-corrected chi connectivity index (χ0v) is 20.6. The fourth-order valence-electron chi connectivity index (χ4n) is 4.61. The third-order valence-electron chi connectivity index (χ3n) is 6.38. The predicted molar refractivity (Wildman–Crippen MR) is 135 cm³/mol. The van der Waals surface area contributed by atoms with Crippen molar-refractivity contribution >= 4 is 11.6 Å². The number of benzene rings is 1. The van der Waals surface area contributed by atoms with Crippen molar-refractivity contribution in [2.75, 3.05) is 30.9 Å². The van der Waals surface area contributed by atoms with Crippen molar-refractivity contribution in [3.63, 3.8) is 0 Å². The lowest BCUT2D eigenvalue weighted by molar-refractivity contribution is 0.0573. The Morgan fingerprint density at radius 3 is 2.48 bits per heavy atom. The number of anilines is 2. The van der Waals surface area contributed by atoms with Crippen molar-refractivity contribution in [3.8, 4) is 11.3 Å². The second-order valence-electron chi connectivity index (χ2n) is 8.79. The van der Waals surface area contributed by atoms with E-state index in [0.717, 1.165) is 59.1 Å². The molecule has 0 saturated carbocycles. The highest BCUT2D eigenvalue weighted by Gasteiger charge is 2.33. The lowest BCUT2D eigenvalue weighted by atomic mass is 10.0. The van der Waals surface area contributed by atoms with Crippen molar-refractivity contribution in [2.45, 2.75) is 59.1 Å². The molecular weight excluding hydrogens is 410 g/mol. The second-order valence-corrected chi connectivity index (χ2v) is 8.79. The molecule has 0 amide bonds. The molecule has 6 heteroatoms. The van der Waals surface area contributed by atoms with E-state index in [9.17, 15) is 0 Å². The lowest BCUT2D eigenvalue weighted by Crippen LogP contribution is -2.26. The number of nitrogens with zero attached hydrogens (tertiary/aromatic N) is 4. The van der Waals surface area contributed by atoms with Gasteiger partial charge in [-0.3, -0.25) is 0 Å². The van der Waals surface area contributed by atoms with Gasteiger partial charge in [-0.15, -0.1) is 0 Å². The molecule has 4 rings (SSSR count). The van der Waals surface area contributed by atoms with Gasteiger partial charge in [-0.2, -0.15) is 0 Å². The van der Waals surface area contributed by atoms with E-state index in [4.69, 9.17) is 14.7 Å². The minimum Gasteiger partial charge on any atom is -0.376 e. The van der Waals surface area contributed by atoms with Crippen LogP contribution in [-0.4, -0.2) is 41.8 Å². The molecule has 0 unspecified atom stereocenters. The largest absolute Gasteiger partial charge is 0.376 e. The number of aryl methyl sites for hydroxylation is 3. The number of ether oxygens (including phenoxy) is 1. The highest BCUT2D eigenvalue weighted by atomic mass is 16.5. The Hall–Kier alpha value is -2.99. The molecule has 0 fully saturated rings. The van der Waals surface area contributed by atoms with E-state index in [1.807, 2.05) is 25.2 Å². The molecule has 0 saturated heterocycles. The summed E-state index contributed by atoms with van der Waals surface area (Å²) < 4.78 is 6.12. The molecule has 0 bridgehead atoms. The van der Waals surface area contributed by atoms with E-state index in [-0.39, 0.29) is 12.1 Å². The molecule has 1 aliphatic carbocycles. The first kappa shape index (κ1) is 23.2. The van der Waals surface area contributed by atoms with Crippen LogP contribution in [-0.2, 0) is 24.0 Å². The molecule has 3 aromatic rings. The normalized spacial score (nSPS) is 17.2. The third-order valence-corrected chi connectivity index (χ3v) is 6.38. The van der Waals surface area contributed by atoms with E-state index in [1.165, 1.54) is 11.1 Å². The molecule has 33 heavy (non-hydrogen) atoms. The molecule has 2 atom stereocenters. The fourth-order valence-corrected chi connectivity index (χ4v) is 4.61. The Bertz CT molecular complexity index is 1130. The van der Waals surface area contributed by atoms with Crippen LogP contribution >= 0.6 is 0 Å². The van der Waals surface area contributed by atoms with Crippen LogP contribution in [0.25, 0.3) is 11.3 Å². The summed E-state index contributed by atoms with van der Waals surface area (Å²) in [6.45, 7) is 9.13. The maximum absolute atomic E-state index is 6.12. The maximum Gasteiger partial charge on any atom is 0.148 e. The summed E-state index contributed by atoms with van der Waals surface area (Å²) in [6.07, 6.45) is 4.53. The molecule has 2 heterocycles. The fraction of sp³-hybridized carbons (Fsp3) is 0.444. The Morgan fingerprint density at radius 1 is 1.06 bits per heavy atom. The topological polar surface area (TPSA) is 63.2 Å². The van der Waals surface area contributed by atoms with Gasteiger partial charge < -0.3 is 15.0 Å². The first-order chi connectivity index (χ1) is 16.0. The van der Waals surface area contributed by atoms with E-state index in [1.54, 1.807) is 0 Å². The molecule has 0 radical (unpaired) electrons. The maximum atomic E-state index is 6.12. The summed E-state index contributed by atoms with van der Waals surface area (Å²) in [5.74, 6) is 1.80. The first-order valence-electron chi connectivity index (χ1n) is 12.0. The number of fused-ring (bicyclic) bond motifs is 1. The number of rotatable bonds is 8. The van der Waals surface area contributed by atoms with Crippen LogP contribution in [0.4, 0.5) is 11.6 Å². The summed E-state index contributed by atoms with van der Waals surface area (Å²) in [5, 5.41) is 3.72. The Labute approximate surface area is 197 Å². The van der Waals surface area contributed by atoms with Crippen LogP contribution in [0.15, 0.2) is 36.5 Å². The number of nitrogens with one attached hydrogen (secondary N) is 1. The van der Waals surface area contributed by atoms with Gasteiger partial charge in [0.05, 0.1) is 29.2 Å². The van der Waals surface area contributed by atoms with Crippen LogP contribution in [0.1, 0.15) is 54.9 Å². The van der Waals surface area contributed by atoms with Gasteiger partial charge in [0.15, 0.2) is 0 Å². The number of hydrogen-bond donors (Lipinski definition) is 1. The SMILES string of the molecule is CCO[C@H]1Cc2ccccc2[C@H]1Nc1nc(CC)c(-c2cnc(N(C)C)cc2C)nc1CC. The van der Waals surface area contributed by atoms with E-state index < -0.39 is 0 Å². The third kappa shape index (κ3) is 4.58. The van der Waals surface area contributed by atoms with Gasteiger partial charge in [0.2, 0.25) is 0 Å². The Morgan fingerprint density at radius 2 is 1.82 bits per heavy atom. The van der Waals surface area contributed by atoms with Crippen molar-refractivity contribution in [1.82, 2.24) is 15.0 Å². The molecule has 0 spiro atoms. The quantitative estimate of drug-likeness (QED) is 0.517. The molecule has 6 nitrogen and oxygen atoms in total. The standard InChI is InChI=1S/C27H35N5O/c1-7-21-25(20-16-28-24(32(5)6)14-17(20)4)29-22(8-2)27(30-21)31-26-19-13-11-10-12-18(19)15-23(26)33-9-3/h10-14,16,23,26H,7-9,15H2,1-6H3,(H,30,31)/t23-,26+/m0/s1. The monoisotopic (exact) mass is 445 g/mol. The molecule has 2 aromatic heterocycles. The highest BCUT2D eigenvalue weighted by molar-refractivity contribution is 5.68. The van der Waals surface area contributed by atoms with Crippen molar-refractivity contribution in [1.29, 1.82) is 0 Å². The molecular formula is C27H35N5O. The molecule has 1 aliphatic rings. The van der Waals surface area contributed by atoms with Crippen molar-refractivity contribution < 1.29 is 4.74 Å². The van der Waals surface area contributed by atoms with E-state index in [0.29, 0.717) is 6.61 Å². The second kappa shape index (κ2) is 9.87. The van der Waals surface area contributed by atoms with Crippen LogP contribution < -0.4 is 10.2 Å². The van der Waals surface area contributed by atoms with E-state index in [2.05, 4.69) is 68.3 Å². The molecule has 0 aliphatic heterocycles. The average Bonchev–Trinajstić information content (AvgIpc) is 3.16. The minimum atomic E-state index is 0.0686. The summed E-state index contributed by atoms with van der Waals surface area (Å²) in [4.78, 5) is 16.9. The number of hydrogen-bond acceptors (Lipinski definition) is 6. The zero-order valence-electron chi connectivity index (χ0n) is 20.6. The lowest BCUT2D eigenvalue weighted by Gasteiger charge is -2.24. The summed E-state index contributed by atoms with van der Waals surface area (Å²) in [6, 6.07) is 10.8. The van der Waals surface area contributed by atoms with Gasteiger partial charge in [0.1, 0.15) is 11.6 Å². The molecule has 1 N–H and O–H groups in total. The molecule has 174 valence electrons. The Kier molecular flexibility index (Phi) is 6.94. The van der Waals surface area contributed by atoms with Gasteiger partial charge in [-0.1, -0.05) is 38.1 Å². The number of pyridine rings is 1. The summed E-state index contributed by atoms with van der Waals surface area (Å²) in [5.41, 5.74) is 7.72. The van der Waals surface area contributed by atoms with Crippen LogP contribution in [0.5, 0.6) is 0 Å². The smallest absolute Gasteiger partial charge is 0.148 e. The average molecular weight is 446 g/mol. The first-order valence-corrected chi connectivity index (χ1v) is 12.0. The Balaban J connectivity index is 1.74. The molecule has 1 aromatic carbocycles. The van der Waals surface area contributed by atoms with Gasteiger partial charge in [0.25, 0.3) is 0 Å². The summed E-state index contributed by atoms with van der Waals surface area (Å²) >= 11 is 0. The van der Waals surface area contributed by atoms with Gasteiger partial charge in [-0.05, 0) is 49.4 Å².